The van der Waals surface area contributed by atoms with Gasteiger partial charge in [-0.15, -0.1) is 0 Å². The summed E-state index contributed by atoms with van der Waals surface area (Å²) in [6.07, 6.45) is 3.94. The van der Waals surface area contributed by atoms with Gasteiger partial charge in [-0.3, -0.25) is 24.3 Å². The molecule has 0 saturated carbocycles. The average Bonchev–Trinajstić information content (AvgIpc) is 2.56. The maximum atomic E-state index is 11.8. The van der Waals surface area contributed by atoms with Crippen LogP contribution < -0.4 is 10.6 Å². The van der Waals surface area contributed by atoms with E-state index in [1.807, 2.05) is 5.32 Å². The van der Waals surface area contributed by atoms with Crippen molar-refractivity contribution in [3.8, 4) is 0 Å². The first-order valence-electron chi connectivity index (χ1n) is 6.73. The highest BCUT2D eigenvalue weighted by Crippen LogP contribution is 2.47. The molecule has 0 bridgehead atoms. The second kappa shape index (κ2) is 11.5. The molecule has 11 heteroatoms. The fourth-order valence-corrected chi connectivity index (χ4v) is 2.20. The van der Waals surface area contributed by atoms with Gasteiger partial charge in [0.1, 0.15) is 0 Å². The third-order valence-electron chi connectivity index (χ3n) is 2.63. The molecule has 0 radical (unpaired) electrons. The Morgan fingerprint density at radius 1 is 1.33 bits per heavy atom. The van der Waals surface area contributed by atoms with Crippen LogP contribution in [0.4, 0.5) is 0 Å². The number of imide groups is 1. The van der Waals surface area contributed by atoms with E-state index in [0.29, 0.717) is 0 Å². The zero-order valence-electron chi connectivity index (χ0n) is 13.7. The summed E-state index contributed by atoms with van der Waals surface area (Å²) in [4.78, 5) is 34.3. The number of hydrogen-bond donors (Lipinski definition) is 3. The number of carbonyl (C=O) groups is 3. The van der Waals surface area contributed by atoms with Crippen LogP contribution in [0.2, 0.25) is 0 Å². The van der Waals surface area contributed by atoms with Crippen LogP contribution in [0.1, 0.15) is 0 Å². The van der Waals surface area contributed by atoms with Gasteiger partial charge in [0, 0.05) is 39.4 Å². The Morgan fingerprint density at radius 3 is 2.46 bits per heavy atom. The third-order valence-corrected chi connectivity index (χ3v) is 4.18. The average molecular weight is 363 g/mol. The van der Waals surface area contributed by atoms with Crippen molar-refractivity contribution in [1.82, 2.24) is 15.5 Å². The molecule has 0 aromatic carbocycles. The largest absolute Gasteiger partial charge is 0.394 e. The summed E-state index contributed by atoms with van der Waals surface area (Å²) >= 11 is 0. The summed E-state index contributed by atoms with van der Waals surface area (Å²) in [5.74, 6) is 0.0660. The topological polar surface area (TPSA) is 134 Å². The number of aliphatic hydroxyl groups is 1. The molecular formula is C13H22N3O7P. The van der Waals surface area contributed by atoms with Crippen molar-refractivity contribution >= 4 is 25.8 Å². The van der Waals surface area contributed by atoms with Crippen LogP contribution >= 0.6 is 7.60 Å². The number of rotatable bonds is 11. The van der Waals surface area contributed by atoms with Crippen molar-refractivity contribution in [1.29, 1.82) is 0 Å². The van der Waals surface area contributed by atoms with E-state index in [1.165, 1.54) is 38.4 Å². The molecule has 0 rings (SSSR count). The smallest absolute Gasteiger partial charge is 0.353 e. The van der Waals surface area contributed by atoms with Crippen molar-refractivity contribution in [2.45, 2.75) is 6.04 Å². The van der Waals surface area contributed by atoms with Gasteiger partial charge in [-0.2, -0.15) is 0 Å². The lowest BCUT2D eigenvalue weighted by molar-refractivity contribution is -0.123. The van der Waals surface area contributed by atoms with E-state index < -0.39 is 32.1 Å². The first kappa shape index (κ1) is 22.0. The molecule has 0 aliphatic heterocycles. The Labute approximate surface area is 140 Å². The van der Waals surface area contributed by atoms with Crippen LogP contribution in [0.25, 0.3) is 0 Å². The third kappa shape index (κ3) is 9.21. The molecule has 10 nitrogen and oxygen atoms in total. The summed E-state index contributed by atoms with van der Waals surface area (Å²) in [6, 6.07) is -0.785. The standard InChI is InChI=1S/C13H22N3O7P/c1-16(6-4-12(19)14-10-18)8-13(20)15-11(9-17)5-7-24(21,22-2)23-3/h4-7,10-11,17H,8-9H2,1-3H3,(H,15,20)(H,14,18,19)/b6-4-,7-5+. The summed E-state index contributed by atoms with van der Waals surface area (Å²) in [5.41, 5.74) is 0. The molecule has 1 atom stereocenters. The normalized spacial score (nSPS) is 13.0. The van der Waals surface area contributed by atoms with Gasteiger partial charge in [0.15, 0.2) is 0 Å². The van der Waals surface area contributed by atoms with Crippen molar-refractivity contribution in [2.24, 2.45) is 0 Å². The molecule has 0 saturated heterocycles. The summed E-state index contributed by atoms with van der Waals surface area (Å²) < 4.78 is 21.2. The lowest BCUT2D eigenvalue weighted by Gasteiger charge is -2.17. The number of likely N-dealkylation sites (N-methyl/N-ethyl adjacent to an activating group) is 1. The van der Waals surface area contributed by atoms with Gasteiger partial charge in [-0.1, -0.05) is 6.08 Å². The van der Waals surface area contributed by atoms with Crippen LogP contribution in [0.3, 0.4) is 0 Å². The zero-order chi connectivity index (χ0) is 18.6. The monoisotopic (exact) mass is 363 g/mol. The zero-order valence-corrected chi connectivity index (χ0v) is 14.6. The van der Waals surface area contributed by atoms with Gasteiger partial charge in [-0.05, 0) is 0 Å². The minimum Gasteiger partial charge on any atom is -0.394 e. The number of carbonyl (C=O) groups excluding carboxylic acids is 3. The number of nitrogens with zero attached hydrogens (tertiary/aromatic N) is 1. The molecule has 0 heterocycles. The number of nitrogens with one attached hydrogen (secondary N) is 2. The van der Waals surface area contributed by atoms with Gasteiger partial charge in [0.05, 0.1) is 19.2 Å². The highest BCUT2D eigenvalue weighted by Gasteiger charge is 2.17. The molecule has 0 aliphatic rings. The van der Waals surface area contributed by atoms with Crippen LogP contribution in [0.15, 0.2) is 24.2 Å². The highest BCUT2D eigenvalue weighted by molar-refractivity contribution is 7.57. The van der Waals surface area contributed by atoms with Gasteiger partial charge < -0.3 is 24.4 Å². The highest BCUT2D eigenvalue weighted by atomic mass is 31.2. The number of aliphatic hydroxyl groups excluding tert-OH is 1. The van der Waals surface area contributed by atoms with Crippen LogP contribution in [-0.4, -0.2) is 68.7 Å². The van der Waals surface area contributed by atoms with E-state index in [-0.39, 0.29) is 13.0 Å². The fraction of sp³-hybridized carbons (Fsp3) is 0.462. The SMILES string of the molecule is COP(=O)(/C=C/C(CO)NC(=O)CN(C)/C=C\C(=O)NC=O)OC. The van der Waals surface area contributed by atoms with Gasteiger partial charge in [-0.25, -0.2) is 0 Å². The Kier molecular flexibility index (Phi) is 10.6. The molecule has 0 spiro atoms. The second-order valence-corrected chi connectivity index (χ2v) is 6.57. The Bertz CT molecular complexity index is 528. The Hall–Kier alpha value is -2.00. The molecule has 3 amide bonds. The van der Waals surface area contributed by atoms with Crippen LogP contribution in [-0.2, 0) is 28.0 Å². The molecule has 0 fully saturated rings. The molecule has 1 unspecified atom stereocenters. The van der Waals surface area contributed by atoms with Crippen LogP contribution in [0.5, 0.6) is 0 Å². The van der Waals surface area contributed by atoms with E-state index in [4.69, 9.17) is 9.05 Å². The van der Waals surface area contributed by atoms with Gasteiger partial charge in [0.2, 0.25) is 12.3 Å². The first-order valence-corrected chi connectivity index (χ1v) is 8.34. The van der Waals surface area contributed by atoms with E-state index in [9.17, 15) is 24.1 Å². The molecule has 136 valence electrons. The van der Waals surface area contributed by atoms with Crippen molar-refractivity contribution in [3.63, 3.8) is 0 Å². The summed E-state index contributed by atoms with van der Waals surface area (Å²) in [5, 5.41) is 13.6. The molecular weight excluding hydrogens is 341 g/mol. The second-order valence-electron chi connectivity index (χ2n) is 4.46. The van der Waals surface area contributed by atoms with E-state index in [0.717, 1.165) is 11.9 Å². The minimum atomic E-state index is -3.39. The maximum Gasteiger partial charge on any atom is 0.353 e. The van der Waals surface area contributed by atoms with E-state index in [2.05, 4.69) is 5.32 Å². The lowest BCUT2D eigenvalue weighted by Crippen LogP contribution is -2.40. The maximum absolute atomic E-state index is 11.8. The number of hydrogen-bond acceptors (Lipinski definition) is 8. The Balaban J connectivity index is 4.56. The minimum absolute atomic E-state index is 0.110. The predicted octanol–water partition coefficient (Wildman–Crippen LogP) is -0.819. The predicted molar refractivity (Wildman–Crippen MR) is 85.8 cm³/mol. The summed E-state index contributed by atoms with van der Waals surface area (Å²) in [7, 11) is 0.578. The first-order chi connectivity index (χ1) is 11.3. The van der Waals surface area contributed by atoms with Crippen molar-refractivity contribution < 1.29 is 33.1 Å². The van der Waals surface area contributed by atoms with Crippen LogP contribution in [0, 0.1) is 0 Å². The quantitative estimate of drug-likeness (QED) is 0.246. The van der Waals surface area contributed by atoms with E-state index >= 15 is 0 Å². The lowest BCUT2D eigenvalue weighted by atomic mass is 10.3. The summed E-state index contributed by atoms with van der Waals surface area (Å²) in [6.45, 7) is -0.529. The fourth-order valence-electron chi connectivity index (χ4n) is 1.39. The molecule has 0 aliphatic carbocycles. The van der Waals surface area contributed by atoms with E-state index in [1.54, 1.807) is 0 Å². The van der Waals surface area contributed by atoms with Gasteiger partial charge in [0.25, 0.3) is 5.91 Å². The molecule has 3 N–H and O–H groups in total. The van der Waals surface area contributed by atoms with Gasteiger partial charge >= 0.3 is 7.60 Å². The molecule has 24 heavy (non-hydrogen) atoms. The van der Waals surface area contributed by atoms with Crippen molar-refractivity contribution in [3.05, 3.63) is 24.2 Å². The molecule has 0 aromatic heterocycles. The van der Waals surface area contributed by atoms with Crippen molar-refractivity contribution in [2.75, 3.05) is 34.4 Å². The number of amides is 3. The Morgan fingerprint density at radius 2 is 1.96 bits per heavy atom. The molecule has 0 aromatic rings.